The van der Waals surface area contributed by atoms with Crippen molar-refractivity contribution >= 4 is 13.9 Å². The summed E-state index contributed by atoms with van der Waals surface area (Å²) in [5.41, 5.74) is 2.27. The van der Waals surface area contributed by atoms with Crippen molar-refractivity contribution in [3.05, 3.63) is 11.8 Å². The van der Waals surface area contributed by atoms with Gasteiger partial charge in [-0.05, 0) is 6.42 Å². The van der Waals surface area contributed by atoms with E-state index >= 15 is 0 Å². The van der Waals surface area contributed by atoms with E-state index < -0.39 is 8.07 Å². The molecule has 0 heterocycles. The molecular weight excluding hydrogens is 236 g/mol. The normalized spacial score (nSPS) is 12.2. The van der Waals surface area contributed by atoms with Gasteiger partial charge >= 0.3 is 0 Å². The van der Waals surface area contributed by atoms with Crippen LogP contribution in [0.4, 0.5) is 0 Å². The van der Waals surface area contributed by atoms with Gasteiger partial charge in [-0.2, -0.15) is 0 Å². The number of carbonyl (C=O) groups excluding carboxylic acids is 1. The number of rotatable bonds is 11. The minimum absolute atomic E-state index is 0.415. The second-order valence-electron chi connectivity index (χ2n) is 6.38. The lowest BCUT2D eigenvalue weighted by molar-refractivity contribution is -0.118. The number of ketones is 1. The van der Waals surface area contributed by atoms with E-state index in [1.54, 1.807) is 0 Å². The van der Waals surface area contributed by atoms with E-state index in [1.807, 2.05) is 0 Å². The first kappa shape index (κ1) is 17.6. The molecule has 0 N–H and O–H groups in total. The molecule has 0 bridgehead atoms. The van der Waals surface area contributed by atoms with E-state index in [1.165, 1.54) is 38.5 Å². The topological polar surface area (TPSA) is 17.1 Å². The van der Waals surface area contributed by atoms with Crippen molar-refractivity contribution in [2.75, 3.05) is 0 Å². The third-order valence-corrected chi connectivity index (χ3v) is 4.26. The first-order chi connectivity index (χ1) is 8.45. The molecule has 0 fully saturated rings. The first-order valence-electron chi connectivity index (χ1n) is 7.65. The number of hydrogen-bond donors (Lipinski definition) is 0. The van der Waals surface area contributed by atoms with Gasteiger partial charge < -0.3 is 0 Å². The molecule has 0 radical (unpaired) electrons. The maximum Gasteiger partial charge on any atom is 0.136 e. The highest BCUT2D eigenvalue weighted by Crippen LogP contribution is 2.10. The number of hydrogen-bond acceptors (Lipinski definition) is 1. The lowest BCUT2D eigenvalue weighted by Gasteiger charge is -2.07. The molecular formula is C16H32OSi. The van der Waals surface area contributed by atoms with E-state index in [0.717, 1.165) is 12.8 Å². The van der Waals surface area contributed by atoms with E-state index in [0.29, 0.717) is 12.2 Å². The Bertz CT molecular complexity index is 238. The quantitative estimate of drug-likeness (QED) is 0.356. The van der Waals surface area contributed by atoms with Gasteiger partial charge in [0.05, 0.1) is 8.07 Å². The van der Waals surface area contributed by atoms with Crippen LogP contribution in [0.25, 0.3) is 0 Å². The van der Waals surface area contributed by atoms with Crippen LogP contribution < -0.4 is 0 Å². The van der Waals surface area contributed by atoms with Crippen LogP contribution in [0, 0.1) is 0 Å². The second-order valence-corrected chi connectivity index (χ2v) is 11.4. The number of carbonyl (C=O) groups is 1. The van der Waals surface area contributed by atoms with Gasteiger partial charge in [-0.3, -0.25) is 4.79 Å². The molecule has 0 aromatic carbocycles. The summed E-state index contributed by atoms with van der Waals surface area (Å²) in [7, 11) is -1.11. The highest BCUT2D eigenvalue weighted by atomic mass is 28.3. The zero-order valence-corrected chi connectivity index (χ0v) is 13.9. The summed E-state index contributed by atoms with van der Waals surface area (Å²) in [6, 6.07) is 0. The molecule has 1 nitrogen and oxygen atoms in total. The average molecular weight is 269 g/mol. The van der Waals surface area contributed by atoms with Crippen LogP contribution in [-0.4, -0.2) is 13.9 Å². The van der Waals surface area contributed by atoms with Gasteiger partial charge in [-0.1, -0.05) is 76.9 Å². The number of allylic oxidation sites excluding steroid dienone is 1. The Morgan fingerprint density at radius 1 is 0.944 bits per heavy atom. The lowest BCUT2D eigenvalue weighted by atomic mass is 10.1. The van der Waals surface area contributed by atoms with E-state index in [4.69, 9.17) is 0 Å². The summed E-state index contributed by atoms with van der Waals surface area (Å²) >= 11 is 0. The van der Waals surface area contributed by atoms with Gasteiger partial charge in [0.25, 0.3) is 0 Å². The van der Waals surface area contributed by atoms with Crippen LogP contribution in [0.1, 0.15) is 64.7 Å². The highest BCUT2D eigenvalue weighted by molar-refractivity contribution is 6.80. The van der Waals surface area contributed by atoms with Crippen LogP contribution in [0.15, 0.2) is 11.8 Å². The fourth-order valence-corrected chi connectivity index (χ4v) is 2.75. The van der Waals surface area contributed by atoms with E-state index in [9.17, 15) is 4.79 Å². The Balaban J connectivity index is 3.40. The Hall–Kier alpha value is -0.373. The minimum Gasteiger partial charge on any atom is -0.299 e. The first-order valence-corrected chi connectivity index (χ1v) is 11.2. The smallest absolute Gasteiger partial charge is 0.136 e. The molecule has 0 amide bonds. The number of unbranched alkanes of at least 4 members (excludes halogenated alkanes) is 6. The van der Waals surface area contributed by atoms with Gasteiger partial charge in [0.1, 0.15) is 5.78 Å². The standard InChI is InChI=1S/C16H32OSi/c1-5-6-7-8-9-10-11-13-16(17)14-12-15-18(2,3)4/h12,15H,5-11,13-14H2,1-4H3/b15-12+. The maximum absolute atomic E-state index is 11.6. The molecule has 0 saturated carbocycles. The summed E-state index contributed by atoms with van der Waals surface area (Å²) in [6.45, 7) is 9.13. The van der Waals surface area contributed by atoms with Gasteiger partial charge in [-0.25, -0.2) is 0 Å². The second kappa shape index (κ2) is 10.5. The molecule has 0 spiro atoms. The molecule has 0 aliphatic carbocycles. The predicted octanol–water partition coefficient (Wildman–Crippen LogP) is 5.52. The highest BCUT2D eigenvalue weighted by Gasteiger charge is 2.07. The summed E-state index contributed by atoms with van der Waals surface area (Å²) in [5.74, 6) is 0.415. The van der Waals surface area contributed by atoms with Crippen LogP contribution in [0.5, 0.6) is 0 Å². The molecule has 0 aromatic rings. The molecule has 0 aliphatic heterocycles. The third-order valence-electron chi connectivity index (χ3n) is 3.02. The Kier molecular flexibility index (Phi) is 10.3. The Morgan fingerprint density at radius 3 is 2.06 bits per heavy atom. The maximum atomic E-state index is 11.6. The molecule has 0 saturated heterocycles. The summed E-state index contributed by atoms with van der Waals surface area (Å²) in [5, 5.41) is 0. The van der Waals surface area contributed by atoms with Crippen LogP contribution >= 0.6 is 0 Å². The van der Waals surface area contributed by atoms with Gasteiger partial charge in [-0.15, -0.1) is 0 Å². The van der Waals surface area contributed by atoms with Crippen molar-refractivity contribution in [3.8, 4) is 0 Å². The summed E-state index contributed by atoms with van der Waals surface area (Å²) in [6.07, 6.45) is 12.5. The van der Waals surface area contributed by atoms with Crippen molar-refractivity contribution in [3.63, 3.8) is 0 Å². The molecule has 2 heteroatoms. The zero-order valence-electron chi connectivity index (χ0n) is 12.9. The SMILES string of the molecule is CCCCCCCCCC(=O)C/C=C/[Si](C)(C)C. The third kappa shape index (κ3) is 13.7. The molecule has 0 aromatic heterocycles. The Morgan fingerprint density at radius 2 is 1.50 bits per heavy atom. The Labute approximate surface area is 115 Å². The monoisotopic (exact) mass is 268 g/mol. The molecule has 18 heavy (non-hydrogen) atoms. The molecule has 0 rings (SSSR count). The summed E-state index contributed by atoms with van der Waals surface area (Å²) in [4.78, 5) is 11.6. The molecule has 106 valence electrons. The van der Waals surface area contributed by atoms with Crippen molar-refractivity contribution in [2.24, 2.45) is 0 Å². The van der Waals surface area contributed by atoms with Gasteiger partial charge in [0, 0.05) is 12.8 Å². The van der Waals surface area contributed by atoms with Crippen molar-refractivity contribution in [1.29, 1.82) is 0 Å². The van der Waals surface area contributed by atoms with Crippen molar-refractivity contribution in [1.82, 2.24) is 0 Å². The fourth-order valence-electron chi connectivity index (χ4n) is 1.93. The average Bonchev–Trinajstić information content (AvgIpc) is 2.26. The van der Waals surface area contributed by atoms with Gasteiger partial charge in [0.2, 0.25) is 0 Å². The van der Waals surface area contributed by atoms with Crippen LogP contribution in [0.2, 0.25) is 19.6 Å². The zero-order chi connectivity index (χ0) is 13.9. The predicted molar refractivity (Wildman–Crippen MR) is 84.7 cm³/mol. The van der Waals surface area contributed by atoms with Crippen LogP contribution in [-0.2, 0) is 4.79 Å². The molecule has 0 aliphatic rings. The van der Waals surface area contributed by atoms with Crippen molar-refractivity contribution in [2.45, 2.75) is 84.4 Å². The number of Topliss-reactive ketones (excluding diaryl/α,β-unsaturated/α-hetero) is 1. The van der Waals surface area contributed by atoms with E-state index in [-0.39, 0.29) is 0 Å². The fraction of sp³-hybridized carbons (Fsp3) is 0.812. The van der Waals surface area contributed by atoms with Crippen molar-refractivity contribution < 1.29 is 4.79 Å². The molecule has 0 unspecified atom stereocenters. The van der Waals surface area contributed by atoms with Gasteiger partial charge in [0.15, 0.2) is 0 Å². The lowest BCUT2D eigenvalue weighted by Crippen LogP contribution is -2.15. The largest absolute Gasteiger partial charge is 0.299 e. The van der Waals surface area contributed by atoms with Crippen LogP contribution in [0.3, 0.4) is 0 Å². The van der Waals surface area contributed by atoms with E-state index in [2.05, 4.69) is 38.3 Å². The summed E-state index contributed by atoms with van der Waals surface area (Å²) < 4.78 is 0. The minimum atomic E-state index is -1.11. The molecule has 0 atom stereocenters.